The van der Waals surface area contributed by atoms with Crippen molar-refractivity contribution in [1.29, 1.82) is 0 Å². The first-order chi connectivity index (χ1) is 37.5. The molecule has 6 heteroatoms. The van der Waals surface area contributed by atoms with Crippen LogP contribution < -0.4 is 0 Å². The minimum Gasteiger partial charge on any atom is -0.462 e. The van der Waals surface area contributed by atoms with Crippen molar-refractivity contribution in [2.75, 3.05) is 13.2 Å². The second-order valence-corrected chi connectivity index (χ2v) is 21.3. The molecule has 76 heavy (non-hydrogen) atoms. The quantitative estimate of drug-likeness (QED) is 0.0261. The van der Waals surface area contributed by atoms with Crippen molar-refractivity contribution in [1.82, 2.24) is 0 Å². The van der Waals surface area contributed by atoms with Crippen LogP contribution in [0.5, 0.6) is 0 Å². The number of hydrogen-bond acceptors (Lipinski definition) is 6. The highest BCUT2D eigenvalue weighted by atomic mass is 16.6. The molecular weight excluding hydrogens is 937 g/mol. The van der Waals surface area contributed by atoms with E-state index >= 15 is 0 Å². The van der Waals surface area contributed by atoms with Crippen LogP contribution in [0.3, 0.4) is 0 Å². The third-order valence-corrected chi connectivity index (χ3v) is 13.8. The molecule has 0 aliphatic heterocycles. The van der Waals surface area contributed by atoms with E-state index in [9.17, 15) is 14.4 Å². The summed E-state index contributed by atoms with van der Waals surface area (Å²) in [5.41, 5.74) is 0. The zero-order valence-electron chi connectivity index (χ0n) is 50.0. The molecule has 0 radical (unpaired) electrons. The van der Waals surface area contributed by atoms with Crippen molar-refractivity contribution in [3.8, 4) is 0 Å². The van der Waals surface area contributed by atoms with E-state index in [-0.39, 0.29) is 31.1 Å². The van der Waals surface area contributed by atoms with Crippen molar-refractivity contribution in [3.05, 3.63) is 97.2 Å². The molecule has 6 nitrogen and oxygen atoms in total. The van der Waals surface area contributed by atoms with E-state index in [0.717, 1.165) is 116 Å². The SMILES string of the molecule is CC/C=C\C/C=C\C/C=C\C/C=C\C/C=C\C/C=C\C/C=C\CCCCCCCCCCCCCCCC(=O)OCC(COC(=O)CCCCCCCCC)OC(=O)CCCCCCC/C=C\CCCCCCCCC. The van der Waals surface area contributed by atoms with Gasteiger partial charge >= 0.3 is 17.9 Å². The first-order valence-corrected chi connectivity index (χ1v) is 32.2. The lowest BCUT2D eigenvalue weighted by molar-refractivity contribution is -0.167. The van der Waals surface area contributed by atoms with E-state index in [1.54, 1.807) is 0 Å². The van der Waals surface area contributed by atoms with Gasteiger partial charge < -0.3 is 14.2 Å². The average Bonchev–Trinajstić information content (AvgIpc) is 3.42. The summed E-state index contributed by atoms with van der Waals surface area (Å²) in [4.78, 5) is 38.0. The predicted octanol–water partition coefficient (Wildman–Crippen LogP) is 22.0. The molecule has 436 valence electrons. The number of allylic oxidation sites excluding steroid dienone is 16. The molecule has 0 N–H and O–H groups in total. The Hall–Kier alpha value is -3.67. The van der Waals surface area contributed by atoms with E-state index in [1.807, 2.05) is 0 Å². The molecule has 0 fully saturated rings. The minimum absolute atomic E-state index is 0.0774. The van der Waals surface area contributed by atoms with Crippen LogP contribution in [0.25, 0.3) is 0 Å². The van der Waals surface area contributed by atoms with Gasteiger partial charge in [0.1, 0.15) is 13.2 Å². The van der Waals surface area contributed by atoms with E-state index in [4.69, 9.17) is 14.2 Å². The Kier molecular flexibility index (Phi) is 60.8. The van der Waals surface area contributed by atoms with Crippen LogP contribution in [0.4, 0.5) is 0 Å². The molecule has 0 aliphatic carbocycles. The lowest BCUT2D eigenvalue weighted by atomic mass is 10.0. The Morgan fingerprint density at radius 3 is 0.816 bits per heavy atom. The van der Waals surface area contributed by atoms with Gasteiger partial charge in [0.15, 0.2) is 6.10 Å². The fourth-order valence-electron chi connectivity index (χ4n) is 9.01. The lowest BCUT2D eigenvalue weighted by Gasteiger charge is -2.18. The number of ether oxygens (including phenoxy) is 3. The molecule has 0 saturated carbocycles. The maximum atomic E-state index is 12.8. The monoisotopic (exact) mass is 1060 g/mol. The van der Waals surface area contributed by atoms with Gasteiger partial charge in [-0.05, 0) is 103 Å². The van der Waals surface area contributed by atoms with Crippen LogP contribution in [-0.2, 0) is 28.6 Å². The number of esters is 3. The summed E-state index contributed by atoms with van der Waals surface area (Å²) in [5, 5.41) is 0. The van der Waals surface area contributed by atoms with Gasteiger partial charge in [-0.3, -0.25) is 14.4 Å². The van der Waals surface area contributed by atoms with Crippen LogP contribution in [0.1, 0.15) is 310 Å². The number of unbranched alkanes of at least 4 members (excludes halogenated alkanes) is 31. The number of carbonyl (C=O) groups excluding carboxylic acids is 3. The van der Waals surface area contributed by atoms with Gasteiger partial charge in [-0.2, -0.15) is 0 Å². The summed E-state index contributed by atoms with van der Waals surface area (Å²) in [5.74, 6) is -0.885. The Morgan fingerprint density at radius 2 is 0.513 bits per heavy atom. The number of rotatable bonds is 58. The molecule has 0 bridgehead atoms. The van der Waals surface area contributed by atoms with Gasteiger partial charge in [0.05, 0.1) is 0 Å². The van der Waals surface area contributed by atoms with E-state index in [2.05, 4.69) is 118 Å². The summed E-state index contributed by atoms with van der Waals surface area (Å²) >= 11 is 0. The van der Waals surface area contributed by atoms with Gasteiger partial charge in [0.2, 0.25) is 0 Å². The molecule has 0 aliphatic rings. The first-order valence-electron chi connectivity index (χ1n) is 32.2. The lowest BCUT2D eigenvalue weighted by Crippen LogP contribution is -2.30. The molecule has 1 atom stereocenters. The molecule has 0 amide bonds. The van der Waals surface area contributed by atoms with E-state index < -0.39 is 6.10 Å². The summed E-state index contributed by atoms with van der Waals surface area (Å²) < 4.78 is 16.8. The summed E-state index contributed by atoms with van der Waals surface area (Å²) in [6.07, 6.45) is 85.9. The molecule has 0 rings (SSSR count). The van der Waals surface area contributed by atoms with E-state index in [0.29, 0.717) is 19.3 Å². The highest BCUT2D eigenvalue weighted by Crippen LogP contribution is 2.16. The Bertz CT molecular complexity index is 1490. The largest absolute Gasteiger partial charge is 0.462 e. The summed E-state index contributed by atoms with van der Waals surface area (Å²) in [6.45, 7) is 6.49. The maximum absolute atomic E-state index is 12.8. The molecule has 0 aromatic carbocycles. The third-order valence-electron chi connectivity index (χ3n) is 13.8. The van der Waals surface area contributed by atoms with Crippen molar-refractivity contribution < 1.29 is 28.6 Å². The average molecular weight is 1060 g/mol. The zero-order chi connectivity index (χ0) is 55.0. The minimum atomic E-state index is -0.778. The van der Waals surface area contributed by atoms with Crippen molar-refractivity contribution in [2.45, 2.75) is 316 Å². The molecule has 0 heterocycles. The van der Waals surface area contributed by atoms with Crippen LogP contribution in [0.15, 0.2) is 97.2 Å². The summed E-state index contributed by atoms with van der Waals surface area (Å²) in [7, 11) is 0. The summed E-state index contributed by atoms with van der Waals surface area (Å²) in [6, 6.07) is 0. The topological polar surface area (TPSA) is 78.9 Å². The fourth-order valence-corrected chi connectivity index (χ4v) is 9.01. The fraction of sp³-hybridized carbons (Fsp3) is 0.729. The molecule has 0 saturated heterocycles. The van der Waals surface area contributed by atoms with Crippen LogP contribution >= 0.6 is 0 Å². The Labute approximate surface area is 470 Å². The third kappa shape index (κ3) is 61.2. The van der Waals surface area contributed by atoms with Crippen LogP contribution in [0, 0.1) is 0 Å². The zero-order valence-corrected chi connectivity index (χ0v) is 50.0. The Balaban J connectivity index is 4.05. The van der Waals surface area contributed by atoms with Crippen molar-refractivity contribution >= 4 is 17.9 Å². The molecule has 1 unspecified atom stereocenters. The normalized spacial score (nSPS) is 12.7. The van der Waals surface area contributed by atoms with Crippen LogP contribution in [0.2, 0.25) is 0 Å². The Morgan fingerprint density at radius 1 is 0.276 bits per heavy atom. The molecule has 0 spiro atoms. The standard InChI is InChI=1S/C70H120O6/c1-4-7-10-13-16-18-20-22-24-26-27-28-29-30-31-32-33-34-35-36-37-38-39-40-41-42-43-44-46-47-49-51-54-57-60-63-69(72)75-66-67(65-74-68(71)62-59-56-53-15-12-9-6-3)76-70(73)64-61-58-55-52-50-48-45-25-23-21-19-17-14-11-8-5-2/h7,10,16,18,22,24-25,27-28,30-31,33-34,36-37,45,67H,4-6,8-9,11-15,17,19-21,23,26,29,32,35,38-44,46-66H2,1-3H3/b10-7-,18-16-,24-22-,28-27-,31-30-,34-33-,37-36-,45-25-. The van der Waals surface area contributed by atoms with Crippen molar-refractivity contribution in [2.24, 2.45) is 0 Å². The molecular formula is C70H120O6. The van der Waals surface area contributed by atoms with Crippen molar-refractivity contribution in [3.63, 3.8) is 0 Å². The van der Waals surface area contributed by atoms with Gasteiger partial charge in [-0.1, -0.05) is 285 Å². The second kappa shape index (κ2) is 63.9. The van der Waals surface area contributed by atoms with E-state index in [1.165, 1.54) is 154 Å². The van der Waals surface area contributed by atoms with Gasteiger partial charge in [-0.25, -0.2) is 0 Å². The predicted molar refractivity (Wildman–Crippen MR) is 330 cm³/mol. The highest BCUT2D eigenvalue weighted by Gasteiger charge is 2.19. The highest BCUT2D eigenvalue weighted by molar-refractivity contribution is 5.71. The maximum Gasteiger partial charge on any atom is 0.306 e. The molecule has 0 aromatic heterocycles. The van der Waals surface area contributed by atoms with Gasteiger partial charge in [0, 0.05) is 19.3 Å². The van der Waals surface area contributed by atoms with Crippen LogP contribution in [-0.4, -0.2) is 37.2 Å². The molecule has 0 aromatic rings. The number of carbonyl (C=O) groups is 3. The number of hydrogen-bond donors (Lipinski definition) is 0. The van der Waals surface area contributed by atoms with Gasteiger partial charge in [-0.15, -0.1) is 0 Å². The first kappa shape index (κ1) is 72.3. The smallest absolute Gasteiger partial charge is 0.306 e. The van der Waals surface area contributed by atoms with Gasteiger partial charge in [0.25, 0.3) is 0 Å². The second-order valence-electron chi connectivity index (χ2n) is 21.3.